The zero-order valence-electron chi connectivity index (χ0n) is 3.91. The number of allylic oxidation sites excluding steroid dienone is 3. The van der Waals surface area contributed by atoms with Gasteiger partial charge in [0.2, 0.25) is 0 Å². The second kappa shape index (κ2) is 2.34. The Bertz CT molecular complexity index is 107. The molecule has 0 amide bonds. The first-order chi connectivity index (χ1) is 3.39. The van der Waals surface area contributed by atoms with Gasteiger partial charge in [0.05, 0.1) is 0 Å². The molecule has 2 heteroatoms. The van der Waals surface area contributed by atoms with Gasteiger partial charge < -0.3 is 0 Å². The van der Waals surface area contributed by atoms with Gasteiger partial charge in [0.25, 0.3) is 0 Å². The summed E-state index contributed by atoms with van der Waals surface area (Å²) in [7, 11) is 0. The number of rotatable bonds is 0. The topological polar surface area (TPSA) is 20.2 Å². The van der Waals surface area contributed by atoms with Crippen LogP contribution in [-0.4, -0.2) is 19.1 Å². The first-order valence-corrected chi connectivity index (χ1v) is 5.43. The normalized spacial score (nSPS) is 28.4. The van der Waals surface area contributed by atoms with E-state index in [9.17, 15) is 0 Å². The molecule has 1 aliphatic rings. The van der Waals surface area contributed by atoms with Crippen molar-refractivity contribution in [3.05, 3.63) is 23.1 Å². The molecule has 1 N–H and O–H groups in total. The molecule has 1 atom stereocenters. The van der Waals surface area contributed by atoms with Crippen molar-refractivity contribution in [3.63, 3.8) is 0 Å². The van der Waals surface area contributed by atoms with Crippen LogP contribution in [0.1, 0.15) is 0 Å². The van der Waals surface area contributed by atoms with Crippen molar-refractivity contribution in [3.8, 4) is 0 Å². The first-order valence-electron chi connectivity index (χ1n) is 2.18. The van der Waals surface area contributed by atoms with E-state index in [1.165, 1.54) is 0 Å². The molecule has 0 bridgehead atoms. The fraction of sp³-hybridized carbons (Fsp3) is 0.200. The van der Waals surface area contributed by atoms with Crippen molar-refractivity contribution in [1.29, 1.82) is 0 Å². The summed E-state index contributed by atoms with van der Waals surface area (Å²) < 4.78 is 8.92. The molecule has 1 unspecified atom stereocenters. The summed E-state index contributed by atoms with van der Waals surface area (Å²) in [6.45, 7) is 0. The van der Waals surface area contributed by atoms with Crippen molar-refractivity contribution < 1.29 is 4.10 Å². The molecule has 0 aromatic rings. The van der Waals surface area contributed by atoms with E-state index in [1.54, 1.807) is 0 Å². The summed E-state index contributed by atoms with van der Waals surface area (Å²) in [4.78, 5) is 1.92. The molecule has 0 radical (unpaired) electrons. The standard InChI is InChI=1S/C5H7AsO/c7-6-4-2-1-3-5-6/h1-4,7H,5H2. The van der Waals surface area contributed by atoms with Gasteiger partial charge in [-0.15, -0.1) is 0 Å². The SMILES string of the molecule is O[As]1C=CC=CC1. The third kappa shape index (κ3) is 1.50. The summed E-state index contributed by atoms with van der Waals surface area (Å²) in [6.07, 6.45) is 5.91. The van der Waals surface area contributed by atoms with E-state index in [2.05, 4.69) is 0 Å². The van der Waals surface area contributed by atoms with Crippen LogP contribution in [0.5, 0.6) is 0 Å². The molecular formula is C5H7AsO. The molecule has 0 aromatic carbocycles. The summed E-state index contributed by atoms with van der Waals surface area (Å²) in [5.74, 6) is 0. The van der Waals surface area contributed by atoms with Gasteiger partial charge in [-0.05, 0) is 0 Å². The van der Waals surface area contributed by atoms with E-state index in [1.807, 2.05) is 23.1 Å². The van der Waals surface area contributed by atoms with E-state index < -0.39 is 15.0 Å². The Balaban J connectivity index is 2.49. The Labute approximate surface area is 48.0 Å². The van der Waals surface area contributed by atoms with Gasteiger partial charge in [0.1, 0.15) is 0 Å². The van der Waals surface area contributed by atoms with E-state index in [0.29, 0.717) is 0 Å². The van der Waals surface area contributed by atoms with Gasteiger partial charge in [-0.1, -0.05) is 0 Å². The minimum atomic E-state index is -1.42. The zero-order valence-corrected chi connectivity index (χ0v) is 5.79. The number of hydrogen-bond acceptors (Lipinski definition) is 1. The van der Waals surface area contributed by atoms with Crippen LogP contribution < -0.4 is 0 Å². The molecule has 0 fully saturated rings. The molecule has 1 aliphatic heterocycles. The van der Waals surface area contributed by atoms with E-state index in [4.69, 9.17) is 4.10 Å². The quantitative estimate of drug-likeness (QED) is 0.513. The summed E-state index contributed by atoms with van der Waals surface area (Å²) in [5.41, 5.74) is 0. The van der Waals surface area contributed by atoms with E-state index in [0.717, 1.165) is 5.21 Å². The first kappa shape index (κ1) is 5.14. The fourth-order valence-electron chi connectivity index (χ4n) is 0.457. The fourth-order valence-corrected chi connectivity index (χ4v) is 2.05. The molecular weight excluding hydrogens is 151 g/mol. The van der Waals surface area contributed by atoms with Crippen LogP contribution in [0.25, 0.3) is 0 Å². The van der Waals surface area contributed by atoms with E-state index >= 15 is 0 Å². The Morgan fingerprint density at radius 3 is 2.57 bits per heavy atom. The van der Waals surface area contributed by atoms with Crippen LogP contribution >= 0.6 is 0 Å². The summed E-state index contributed by atoms with van der Waals surface area (Å²) >= 11 is -1.42. The predicted molar refractivity (Wildman–Crippen MR) is 31.1 cm³/mol. The summed E-state index contributed by atoms with van der Waals surface area (Å²) in [5, 5.41) is 0.920. The maximum absolute atomic E-state index is 8.92. The zero-order chi connectivity index (χ0) is 5.11. The third-order valence-electron chi connectivity index (χ3n) is 0.798. The molecule has 0 spiro atoms. The molecule has 7 heavy (non-hydrogen) atoms. The Kier molecular flexibility index (Phi) is 1.72. The maximum atomic E-state index is 8.92. The monoisotopic (exact) mass is 158 g/mol. The van der Waals surface area contributed by atoms with Gasteiger partial charge in [0, 0.05) is 0 Å². The van der Waals surface area contributed by atoms with Gasteiger partial charge in [-0.3, -0.25) is 0 Å². The van der Waals surface area contributed by atoms with Crippen LogP contribution in [0.4, 0.5) is 0 Å². The second-order valence-corrected chi connectivity index (χ2v) is 4.63. The van der Waals surface area contributed by atoms with Gasteiger partial charge >= 0.3 is 47.4 Å². The van der Waals surface area contributed by atoms with E-state index in [-0.39, 0.29) is 0 Å². The van der Waals surface area contributed by atoms with Crippen molar-refractivity contribution >= 4 is 15.0 Å². The molecule has 1 nitrogen and oxygen atoms in total. The molecule has 0 saturated carbocycles. The molecule has 0 aromatic heterocycles. The molecule has 0 saturated heterocycles. The molecule has 1 rings (SSSR count). The van der Waals surface area contributed by atoms with Crippen molar-refractivity contribution in [1.82, 2.24) is 0 Å². The molecule has 38 valence electrons. The summed E-state index contributed by atoms with van der Waals surface area (Å²) in [6, 6.07) is 0. The predicted octanol–water partition coefficient (Wildman–Crippen LogP) is 0.635. The van der Waals surface area contributed by atoms with Gasteiger partial charge in [-0.2, -0.15) is 0 Å². The van der Waals surface area contributed by atoms with Crippen molar-refractivity contribution in [2.45, 2.75) is 5.21 Å². The van der Waals surface area contributed by atoms with Crippen LogP contribution in [0.2, 0.25) is 5.21 Å². The van der Waals surface area contributed by atoms with Crippen LogP contribution in [0.15, 0.2) is 23.1 Å². The Morgan fingerprint density at radius 1 is 1.43 bits per heavy atom. The van der Waals surface area contributed by atoms with Gasteiger partial charge in [-0.25, -0.2) is 0 Å². The molecule has 0 aliphatic carbocycles. The van der Waals surface area contributed by atoms with Crippen molar-refractivity contribution in [2.24, 2.45) is 0 Å². The van der Waals surface area contributed by atoms with Crippen LogP contribution in [0, 0.1) is 0 Å². The van der Waals surface area contributed by atoms with Crippen LogP contribution in [-0.2, 0) is 0 Å². The van der Waals surface area contributed by atoms with Crippen LogP contribution in [0.3, 0.4) is 0 Å². The third-order valence-corrected chi connectivity index (χ3v) is 3.11. The number of hydrogen-bond donors (Lipinski definition) is 1. The van der Waals surface area contributed by atoms with Crippen molar-refractivity contribution in [2.75, 3.05) is 0 Å². The Hall–Kier alpha value is -0.00156. The minimum absolute atomic E-state index is 0.920. The molecule has 1 heterocycles. The average molecular weight is 158 g/mol. The second-order valence-electron chi connectivity index (χ2n) is 1.39. The van der Waals surface area contributed by atoms with Gasteiger partial charge in [0.15, 0.2) is 0 Å². The average Bonchev–Trinajstić information content (AvgIpc) is 1.69. The Morgan fingerprint density at radius 2 is 2.29 bits per heavy atom.